The summed E-state index contributed by atoms with van der Waals surface area (Å²) < 4.78 is 26.4. The molecule has 2 rings (SSSR count). The van der Waals surface area contributed by atoms with E-state index in [2.05, 4.69) is 0 Å². The lowest BCUT2D eigenvalue weighted by Gasteiger charge is -2.30. The van der Waals surface area contributed by atoms with E-state index in [1.54, 1.807) is 0 Å². The second-order valence-corrected chi connectivity index (χ2v) is 7.07. The normalized spacial score (nSPS) is 20.8. The summed E-state index contributed by atoms with van der Waals surface area (Å²) in [5, 5.41) is 9.18. The Morgan fingerprint density at radius 3 is 2.55 bits per heavy atom. The van der Waals surface area contributed by atoms with Gasteiger partial charge in [0.1, 0.15) is 0 Å². The minimum Gasteiger partial charge on any atom is -0.396 e. The molecule has 1 heterocycles. The molecule has 1 saturated heterocycles. The number of nitrogens with zero attached hydrogens (tertiary/aromatic N) is 1. The van der Waals surface area contributed by atoms with Crippen LogP contribution in [0, 0.1) is 5.92 Å². The van der Waals surface area contributed by atoms with Crippen LogP contribution in [0.1, 0.15) is 30.1 Å². The maximum atomic E-state index is 12.5. The lowest BCUT2D eigenvalue weighted by molar-refractivity contribution is 0.101. The summed E-state index contributed by atoms with van der Waals surface area (Å²) in [6.07, 6.45) is 1.61. The number of ketones is 1. The van der Waals surface area contributed by atoms with Crippen molar-refractivity contribution in [1.82, 2.24) is 4.31 Å². The number of Topliss-reactive ketones (excluding diaryl/α,β-unsaturated/α-hetero) is 1. The molecule has 1 atom stereocenters. The molecule has 5 nitrogen and oxygen atoms in total. The molecule has 1 aliphatic heterocycles. The minimum absolute atomic E-state index is 0.00922. The molecule has 0 bridgehead atoms. The highest BCUT2D eigenvalue weighted by molar-refractivity contribution is 7.89. The van der Waals surface area contributed by atoms with E-state index >= 15 is 0 Å². The predicted octanol–water partition coefficient (Wildman–Crippen LogP) is 1.28. The molecule has 0 spiro atoms. The van der Waals surface area contributed by atoms with E-state index in [9.17, 15) is 18.3 Å². The second-order valence-electron chi connectivity index (χ2n) is 5.13. The third-order valence-corrected chi connectivity index (χ3v) is 5.52. The van der Waals surface area contributed by atoms with E-state index in [1.807, 2.05) is 0 Å². The van der Waals surface area contributed by atoms with Crippen molar-refractivity contribution < 1.29 is 18.3 Å². The van der Waals surface area contributed by atoms with Crippen LogP contribution >= 0.6 is 0 Å². The largest absolute Gasteiger partial charge is 0.396 e. The zero-order valence-electron chi connectivity index (χ0n) is 11.4. The van der Waals surface area contributed by atoms with Gasteiger partial charge in [-0.25, -0.2) is 8.42 Å². The van der Waals surface area contributed by atoms with Crippen LogP contribution < -0.4 is 0 Å². The zero-order chi connectivity index (χ0) is 14.8. The number of aliphatic hydroxyl groups excluding tert-OH is 1. The maximum Gasteiger partial charge on any atom is 0.243 e. The van der Waals surface area contributed by atoms with Crippen molar-refractivity contribution >= 4 is 15.8 Å². The number of carbonyl (C=O) groups is 1. The van der Waals surface area contributed by atoms with Crippen molar-refractivity contribution in [3.63, 3.8) is 0 Å². The quantitative estimate of drug-likeness (QED) is 0.850. The summed E-state index contributed by atoms with van der Waals surface area (Å²) >= 11 is 0. The highest BCUT2D eigenvalue weighted by Crippen LogP contribution is 2.23. The summed E-state index contributed by atoms with van der Waals surface area (Å²) in [6, 6.07) is 5.99. The monoisotopic (exact) mass is 297 g/mol. The molecule has 110 valence electrons. The Bertz CT molecular complexity index is 580. The van der Waals surface area contributed by atoms with Crippen LogP contribution in [-0.4, -0.2) is 43.3 Å². The van der Waals surface area contributed by atoms with Crippen LogP contribution in [-0.2, 0) is 10.0 Å². The first kappa shape index (κ1) is 15.2. The molecule has 1 aromatic carbocycles. The van der Waals surface area contributed by atoms with Gasteiger partial charge in [-0.2, -0.15) is 4.31 Å². The van der Waals surface area contributed by atoms with Crippen molar-refractivity contribution in [2.24, 2.45) is 5.92 Å². The van der Waals surface area contributed by atoms with Gasteiger partial charge in [-0.1, -0.05) is 12.1 Å². The number of carbonyl (C=O) groups excluding carboxylic acids is 1. The van der Waals surface area contributed by atoms with Gasteiger partial charge in [-0.3, -0.25) is 4.79 Å². The number of aliphatic hydroxyl groups is 1. The first-order valence-electron chi connectivity index (χ1n) is 6.67. The summed E-state index contributed by atoms with van der Waals surface area (Å²) in [5.74, 6) is -0.0812. The smallest absolute Gasteiger partial charge is 0.243 e. The Hall–Kier alpha value is -1.24. The van der Waals surface area contributed by atoms with Gasteiger partial charge in [-0.15, -0.1) is 0 Å². The first-order chi connectivity index (χ1) is 9.45. The molecule has 0 amide bonds. The fourth-order valence-corrected chi connectivity index (χ4v) is 3.96. The topological polar surface area (TPSA) is 74.7 Å². The van der Waals surface area contributed by atoms with Crippen LogP contribution in [0.25, 0.3) is 0 Å². The summed E-state index contributed by atoms with van der Waals surface area (Å²) in [4.78, 5) is 11.4. The molecule has 20 heavy (non-hydrogen) atoms. The molecule has 1 aliphatic rings. The average Bonchev–Trinajstić information content (AvgIpc) is 2.47. The van der Waals surface area contributed by atoms with Gasteiger partial charge in [0.25, 0.3) is 0 Å². The van der Waals surface area contributed by atoms with Crippen LogP contribution in [0.5, 0.6) is 0 Å². The maximum absolute atomic E-state index is 12.5. The van der Waals surface area contributed by atoms with Crippen molar-refractivity contribution in [3.8, 4) is 0 Å². The highest BCUT2D eigenvalue weighted by atomic mass is 32.2. The molecule has 1 aromatic rings. The molecule has 1 unspecified atom stereocenters. The Labute approximate surface area is 119 Å². The first-order valence-corrected chi connectivity index (χ1v) is 8.11. The summed E-state index contributed by atoms with van der Waals surface area (Å²) in [7, 11) is -3.54. The zero-order valence-corrected chi connectivity index (χ0v) is 12.3. The Balaban J connectivity index is 2.23. The molecule has 1 fully saturated rings. The molecule has 0 aliphatic carbocycles. The SMILES string of the molecule is CC(=O)c1ccc(S(=O)(=O)N2CCCC(CO)C2)cc1. The fraction of sp³-hybridized carbons (Fsp3) is 0.500. The van der Waals surface area contributed by atoms with E-state index in [4.69, 9.17) is 0 Å². The van der Waals surface area contributed by atoms with Crippen molar-refractivity contribution in [1.29, 1.82) is 0 Å². The van der Waals surface area contributed by atoms with Gasteiger partial charge >= 0.3 is 0 Å². The van der Waals surface area contributed by atoms with Gasteiger partial charge in [0.05, 0.1) is 4.90 Å². The second kappa shape index (κ2) is 6.03. The number of rotatable bonds is 4. The molecule has 1 N–H and O–H groups in total. The third kappa shape index (κ3) is 3.08. The minimum atomic E-state index is -3.54. The van der Waals surface area contributed by atoms with Gasteiger partial charge in [0.2, 0.25) is 10.0 Å². The van der Waals surface area contributed by atoms with Crippen molar-refractivity contribution in [3.05, 3.63) is 29.8 Å². The number of piperidine rings is 1. The van der Waals surface area contributed by atoms with Gasteiger partial charge in [0, 0.05) is 25.3 Å². The van der Waals surface area contributed by atoms with E-state index < -0.39 is 10.0 Å². The Kier molecular flexibility index (Phi) is 4.57. The molecule has 6 heteroatoms. The standard InChI is InChI=1S/C14H19NO4S/c1-11(17)13-4-6-14(7-5-13)20(18,19)15-8-2-3-12(9-15)10-16/h4-7,12,16H,2-3,8-10H2,1H3. The fourth-order valence-electron chi connectivity index (χ4n) is 2.40. The van der Waals surface area contributed by atoms with Crippen LogP contribution in [0.2, 0.25) is 0 Å². The number of hydrogen-bond acceptors (Lipinski definition) is 4. The lowest BCUT2D eigenvalue weighted by atomic mass is 10.0. The Morgan fingerprint density at radius 1 is 1.35 bits per heavy atom. The molecule has 0 aromatic heterocycles. The molecule has 0 saturated carbocycles. The van der Waals surface area contributed by atoms with Gasteiger partial charge in [-0.05, 0) is 37.8 Å². The van der Waals surface area contributed by atoms with Gasteiger partial charge in [0.15, 0.2) is 5.78 Å². The third-order valence-electron chi connectivity index (χ3n) is 3.64. The summed E-state index contributed by atoms with van der Waals surface area (Å²) in [5.41, 5.74) is 0.496. The average molecular weight is 297 g/mol. The number of sulfonamides is 1. The van der Waals surface area contributed by atoms with Crippen molar-refractivity contribution in [2.45, 2.75) is 24.7 Å². The summed E-state index contributed by atoms with van der Waals surface area (Å²) in [6.45, 7) is 2.29. The van der Waals surface area contributed by atoms with E-state index in [0.29, 0.717) is 18.7 Å². The van der Waals surface area contributed by atoms with Crippen LogP contribution in [0.4, 0.5) is 0 Å². The van der Waals surface area contributed by atoms with E-state index in [0.717, 1.165) is 12.8 Å². The van der Waals surface area contributed by atoms with E-state index in [-0.39, 0.29) is 23.2 Å². The number of hydrogen-bond donors (Lipinski definition) is 1. The molecular weight excluding hydrogens is 278 g/mol. The predicted molar refractivity (Wildman–Crippen MR) is 75.0 cm³/mol. The van der Waals surface area contributed by atoms with Crippen LogP contribution in [0.15, 0.2) is 29.2 Å². The van der Waals surface area contributed by atoms with Gasteiger partial charge < -0.3 is 5.11 Å². The van der Waals surface area contributed by atoms with Crippen LogP contribution in [0.3, 0.4) is 0 Å². The van der Waals surface area contributed by atoms with E-state index in [1.165, 1.54) is 35.5 Å². The molecular formula is C14H19NO4S. The lowest BCUT2D eigenvalue weighted by Crippen LogP contribution is -2.40. The number of benzene rings is 1. The molecule has 0 radical (unpaired) electrons. The Morgan fingerprint density at radius 2 is 2.00 bits per heavy atom. The van der Waals surface area contributed by atoms with Crippen molar-refractivity contribution in [2.75, 3.05) is 19.7 Å². The highest BCUT2D eigenvalue weighted by Gasteiger charge is 2.29.